The summed E-state index contributed by atoms with van der Waals surface area (Å²) < 4.78 is 34.8. The molecule has 1 saturated heterocycles. The zero-order chi connectivity index (χ0) is 25.7. The van der Waals surface area contributed by atoms with Crippen LogP contribution in [-0.2, 0) is 14.8 Å². The number of benzene rings is 1. The van der Waals surface area contributed by atoms with Gasteiger partial charge in [-0.15, -0.1) is 11.3 Å². The Bertz CT molecular complexity index is 1300. The minimum atomic E-state index is -3.88. The van der Waals surface area contributed by atoms with Crippen LogP contribution in [0.15, 0.2) is 46.8 Å². The molecule has 9 nitrogen and oxygen atoms in total. The van der Waals surface area contributed by atoms with Crippen molar-refractivity contribution in [2.24, 2.45) is 11.1 Å². The highest BCUT2D eigenvalue weighted by molar-refractivity contribution is 7.89. The van der Waals surface area contributed by atoms with Crippen molar-refractivity contribution >= 4 is 38.0 Å². The Morgan fingerprint density at radius 3 is 2.69 bits per heavy atom. The lowest BCUT2D eigenvalue weighted by molar-refractivity contribution is 0.0619. The average Bonchev–Trinajstić information content (AvgIpc) is 3.32. The molecule has 0 atom stereocenters. The molecule has 0 aliphatic carbocycles. The van der Waals surface area contributed by atoms with E-state index in [4.69, 9.17) is 14.6 Å². The molecule has 3 N–H and O–H groups in total. The van der Waals surface area contributed by atoms with Crippen molar-refractivity contribution in [2.75, 3.05) is 18.5 Å². The smallest absolute Gasteiger partial charge is 0.238 e. The summed E-state index contributed by atoms with van der Waals surface area (Å²) in [7, 11) is -3.88. The summed E-state index contributed by atoms with van der Waals surface area (Å²) in [5.41, 5.74) is 2.36. The Morgan fingerprint density at radius 2 is 2.03 bits per heavy atom. The number of nitrogens with zero attached hydrogens (tertiary/aromatic N) is 2. The first-order valence-electron chi connectivity index (χ1n) is 11.8. The van der Waals surface area contributed by atoms with E-state index in [1.54, 1.807) is 18.3 Å². The molecule has 1 fully saturated rings. The zero-order valence-electron chi connectivity index (χ0n) is 20.3. The maximum absolute atomic E-state index is 12.6. The van der Waals surface area contributed by atoms with Gasteiger partial charge in [0.05, 0.1) is 22.4 Å². The first-order chi connectivity index (χ1) is 17.2. The molecule has 1 aromatic carbocycles. The van der Waals surface area contributed by atoms with Gasteiger partial charge in [-0.05, 0) is 69.4 Å². The molecule has 3 heterocycles. The summed E-state index contributed by atoms with van der Waals surface area (Å²) in [5.74, 6) is 1.07. The molecule has 1 aliphatic rings. The summed E-state index contributed by atoms with van der Waals surface area (Å²) in [4.78, 5) is 21.5. The molecule has 4 rings (SSSR count). The second-order valence-corrected chi connectivity index (χ2v) is 11.4. The normalized spacial score (nSPS) is 14.7. The number of carbonyl (C=O) groups is 1. The number of nitrogens with two attached hydrogens (primary N) is 1. The molecule has 2 aromatic heterocycles. The molecule has 192 valence electrons. The summed E-state index contributed by atoms with van der Waals surface area (Å²) in [6.07, 6.45) is 4.91. The number of sulfonamides is 1. The van der Waals surface area contributed by atoms with Crippen molar-refractivity contribution in [3.05, 3.63) is 47.6 Å². The monoisotopic (exact) mass is 530 g/mol. The lowest BCUT2D eigenvalue weighted by atomic mass is 9.93. The fourth-order valence-corrected chi connectivity index (χ4v) is 5.20. The van der Waals surface area contributed by atoms with Gasteiger partial charge in [0, 0.05) is 36.8 Å². The number of primary sulfonamides is 1. The van der Waals surface area contributed by atoms with Gasteiger partial charge in [-0.3, -0.25) is 9.78 Å². The third-order valence-electron chi connectivity index (χ3n) is 5.85. The van der Waals surface area contributed by atoms with Crippen LogP contribution >= 0.6 is 11.3 Å². The Kier molecular flexibility index (Phi) is 8.35. The Balaban J connectivity index is 1.45. The molecule has 0 saturated carbocycles. The number of hydrogen-bond acceptors (Lipinski definition) is 9. The van der Waals surface area contributed by atoms with Crippen molar-refractivity contribution in [3.8, 4) is 17.0 Å². The first-order valence-corrected chi connectivity index (χ1v) is 14.2. The van der Waals surface area contributed by atoms with E-state index in [1.807, 2.05) is 25.3 Å². The van der Waals surface area contributed by atoms with Crippen molar-refractivity contribution in [3.63, 3.8) is 0 Å². The second-order valence-electron chi connectivity index (χ2n) is 8.98. The average molecular weight is 531 g/mol. The van der Waals surface area contributed by atoms with Crippen molar-refractivity contribution in [1.82, 2.24) is 9.97 Å². The Morgan fingerprint density at radius 1 is 1.25 bits per heavy atom. The van der Waals surface area contributed by atoms with Crippen LogP contribution in [0, 0.1) is 5.92 Å². The molecule has 0 amide bonds. The van der Waals surface area contributed by atoms with Gasteiger partial charge in [0.25, 0.3) is 0 Å². The molecule has 0 unspecified atom stereocenters. The fourth-order valence-electron chi connectivity index (χ4n) is 3.93. The number of pyridine rings is 1. The van der Waals surface area contributed by atoms with Crippen molar-refractivity contribution < 1.29 is 22.7 Å². The predicted molar refractivity (Wildman–Crippen MR) is 139 cm³/mol. The highest BCUT2D eigenvalue weighted by Gasteiger charge is 2.18. The van der Waals surface area contributed by atoms with Crippen LogP contribution in [-0.4, -0.2) is 43.5 Å². The Hall–Kier alpha value is -2.86. The number of thiazole rings is 1. The van der Waals surface area contributed by atoms with Gasteiger partial charge < -0.3 is 14.8 Å². The van der Waals surface area contributed by atoms with E-state index in [2.05, 4.69) is 15.3 Å². The molecule has 3 aromatic rings. The molecular weight excluding hydrogens is 500 g/mol. The fraction of sp³-hybridized carbons (Fsp3) is 0.400. The molecule has 11 heteroatoms. The van der Waals surface area contributed by atoms with E-state index in [1.165, 1.54) is 23.5 Å². The number of ketones is 1. The van der Waals surface area contributed by atoms with Gasteiger partial charge in [0.2, 0.25) is 10.0 Å². The van der Waals surface area contributed by atoms with Crippen LogP contribution in [0.25, 0.3) is 11.3 Å². The van der Waals surface area contributed by atoms with Crippen LogP contribution in [0.5, 0.6) is 5.75 Å². The maximum atomic E-state index is 12.6. The summed E-state index contributed by atoms with van der Waals surface area (Å²) in [5, 5.41) is 10.8. The van der Waals surface area contributed by atoms with Crippen molar-refractivity contribution in [1.29, 1.82) is 0 Å². The Labute approximate surface area is 215 Å². The van der Waals surface area contributed by atoms with E-state index in [9.17, 15) is 13.2 Å². The number of Topliss-reactive ketones (excluding diaryl/α,β-unsaturated/α-hetero) is 1. The number of ether oxygens (including phenoxy) is 2. The zero-order valence-corrected chi connectivity index (χ0v) is 21.9. The molecule has 1 aliphatic heterocycles. The van der Waals surface area contributed by atoms with Gasteiger partial charge in [-0.1, -0.05) is 0 Å². The van der Waals surface area contributed by atoms with Gasteiger partial charge >= 0.3 is 0 Å². The van der Waals surface area contributed by atoms with Crippen LogP contribution in [0.2, 0.25) is 0 Å². The van der Waals surface area contributed by atoms with Crippen LogP contribution in [0.3, 0.4) is 0 Å². The molecule has 0 spiro atoms. The third-order valence-corrected chi connectivity index (χ3v) is 7.52. The number of nitrogens with one attached hydrogen (secondary N) is 1. The molecule has 0 bridgehead atoms. The van der Waals surface area contributed by atoms with Crippen LogP contribution in [0.4, 0.5) is 10.8 Å². The predicted octanol–water partition coefficient (Wildman–Crippen LogP) is 4.77. The first kappa shape index (κ1) is 26.2. The van der Waals surface area contributed by atoms with Gasteiger partial charge in [0.1, 0.15) is 11.4 Å². The number of anilines is 2. The van der Waals surface area contributed by atoms with Crippen LogP contribution in [0.1, 0.15) is 50.0 Å². The number of rotatable bonds is 10. The minimum Gasteiger partial charge on any atom is -0.489 e. The van der Waals surface area contributed by atoms with E-state index >= 15 is 0 Å². The molecule has 36 heavy (non-hydrogen) atoms. The van der Waals surface area contributed by atoms with E-state index in [0.29, 0.717) is 40.3 Å². The molecular formula is C25H30N4O5S2. The van der Waals surface area contributed by atoms with Gasteiger partial charge in [-0.25, -0.2) is 18.5 Å². The lowest BCUT2D eigenvalue weighted by Crippen LogP contribution is -2.16. The topological polar surface area (TPSA) is 134 Å². The minimum absolute atomic E-state index is 0.0286. The third kappa shape index (κ3) is 6.88. The number of aromatic nitrogens is 2. The van der Waals surface area contributed by atoms with E-state index < -0.39 is 10.0 Å². The standard InChI is InChI=1S/C25H30N4O5S2/c1-16(2)34-24-8-5-19(36(26,31)32)13-21(24)28-25-29-22(15-35-25)18-4-6-20(27-14-18)23(30)7-3-17-9-11-33-12-10-17/h4-6,8,13-17H,3,7,9-12H2,1-2H3,(H,28,29)(H2,26,31,32). The van der Waals surface area contributed by atoms with Crippen molar-refractivity contribution in [2.45, 2.75) is 50.5 Å². The van der Waals surface area contributed by atoms with Gasteiger partial charge in [-0.2, -0.15) is 0 Å². The highest BCUT2D eigenvalue weighted by Crippen LogP contribution is 2.33. The lowest BCUT2D eigenvalue weighted by Gasteiger charge is -2.21. The maximum Gasteiger partial charge on any atom is 0.238 e. The summed E-state index contributed by atoms with van der Waals surface area (Å²) in [6.45, 7) is 5.32. The largest absolute Gasteiger partial charge is 0.489 e. The van der Waals surface area contributed by atoms with E-state index in [-0.39, 0.29) is 16.8 Å². The van der Waals surface area contributed by atoms with E-state index in [0.717, 1.165) is 38.0 Å². The second kappa shape index (κ2) is 11.5. The van der Waals surface area contributed by atoms with Gasteiger partial charge in [0.15, 0.2) is 10.9 Å². The van der Waals surface area contributed by atoms with Crippen LogP contribution < -0.4 is 15.2 Å². The summed E-state index contributed by atoms with van der Waals surface area (Å²) in [6, 6.07) is 7.97. The number of carbonyl (C=O) groups excluding carboxylic acids is 1. The highest BCUT2D eigenvalue weighted by atomic mass is 32.2. The number of hydrogen-bond donors (Lipinski definition) is 2. The molecule has 0 radical (unpaired) electrons. The quantitative estimate of drug-likeness (QED) is 0.358. The summed E-state index contributed by atoms with van der Waals surface area (Å²) >= 11 is 1.35. The SMILES string of the molecule is CC(C)Oc1ccc(S(N)(=O)=O)cc1Nc1nc(-c2ccc(C(=O)CCC3CCOCC3)nc2)cs1.